The van der Waals surface area contributed by atoms with Gasteiger partial charge in [-0.25, -0.2) is 4.99 Å². The Morgan fingerprint density at radius 2 is 2.02 bits per heavy atom. The number of nitrogens with two attached hydrogens (primary N) is 2. The van der Waals surface area contributed by atoms with Gasteiger partial charge in [0.1, 0.15) is 0 Å². The first-order chi connectivity index (χ1) is 22.7. The van der Waals surface area contributed by atoms with Crippen LogP contribution in [-0.2, 0) is 16.0 Å². The summed E-state index contributed by atoms with van der Waals surface area (Å²) < 4.78 is 13.0. The maximum absolute atomic E-state index is 13.0. The Morgan fingerprint density at radius 1 is 1.21 bits per heavy atom. The van der Waals surface area contributed by atoms with E-state index >= 15 is 0 Å². The zero-order valence-corrected chi connectivity index (χ0v) is 28.7. The van der Waals surface area contributed by atoms with E-state index in [1.54, 1.807) is 6.08 Å². The lowest BCUT2D eigenvalue weighted by atomic mass is 9.45. The van der Waals surface area contributed by atoms with Crippen molar-refractivity contribution in [3.05, 3.63) is 46.6 Å². The molecule has 1 aromatic carbocycles. The van der Waals surface area contributed by atoms with Gasteiger partial charge in [0.2, 0.25) is 0 Å². The number of ketones is 1. The third-order valence-electron chi connectivity index (χ3n) is 11.9. The molecule has 1 spiro atoms. The molecule has 0 saturated heterocycles. The minimum atomic E-state index is -0.140. The molecule has 0 amide bonds. The average molecular weight is 642 g/mol. The monoisotopic (exact) mass is 641 g/mol. The van der Waals surface area contributed by atoms with Crippen LogP contribution in [0, 0.1) is 35.0 Å². The van der Waals surface area contributed by atoms with E-state index in [2.05, 4.69) is 36.8 Å². The summed E-state index contributed by atoms with van der Waals surface area (Å²) >= 11 is 0. The van der Waals surface area contributed by atoms with Gasteiger partial charge in [-0.15, -0.1) is 0 Å². The number of phenols is 1. The Labute approximate surface area is 281 Å². The van der Waals surface area contributed by atoms with E-state index in [-0.39, 0.29) is 58.9 Å². The summed E-state index contributed by atoms with van der Waals surface area (Å²) in [5.74, 6) is 8.88. The van der Waals surface area contributed by atoms with Crippen molar-refractivity contribution in [2.24, 2.45) is 39.6 Å². The lowest BCUT2D eigenvalue weighted by Gasteiger charge is -2.60. The standard InChI is InChI=1S/C40H55N3O4/c1-4-5-6-11-30(44)18-16-26-23-34(47-31-12-7-8-13-31)38(45)36-32(26)14-9-10-29(43-39(41)42)22-27-21-28-17-15-25(2)24-40(28)20-19-33(46-3)35(27)37(36)40/h6,11,21,23,25,27,29,31,33,35,37,45H,4-5,7-8,10,12-13,15-20,22,24H2,1-3H3,(H4,41,42,43)/b11-6+/t25-,27+,29-,33+,35+,37+,40-/m0/s1. The van der Waals surface area contributed by atoms with Crippen molar-refractivity contribution >= 4 is 11.7 Å². The fourth-order valence-electron chi connectivity index (χ4n) is 9.87. The molecule has 0 aromatic heterocycles. The number of fused-ring (bicyclic) bond motifs is 1. The maximum atomic E-state index is 13.0. The van der Waals surface area contributed by atoms with Crippen LogP contribution in [0.4, 0.5) is 0 Å². The summed E-state index contributed by atoms with van der Waals surface area (Å²) in [4.78, 5) is 17.7. The van der Waals surface area contributed by atoms with Crippen molar-refractivity contribution in [1.82, 2.24) is 0 Å². The molecule has 0 unspecified atom stereocenters. The van der Waals surface area contributed by atoms with E-state index in [9.17, 15) is 9.90 Å². The maximum Gasteiger partial charge on any atom is 0.186 e. The number of unbranched alkanes of at least 4 members (excludes halogenated alkanes) is 1. The van der Waals surface area contributed by atoms with Crippen molar-refractivity contribution < 1.29 is 19.4 Å². The highest BCUT2D eigenvalue weighted by molar-refractivity contribution is 5.89. The highest BCUT2D eigenvalue weighted by Gasteiger charge is 2.59. The lowest BCUT2D eigenvalue weighted by molar-refractivity contribution is -0.114. The fourth-order valence-corrected chi connectivity index (χ4v) is 9.87. The number of benzene rings is 1. The van der Waals surface area contributed by atoms with Crippen molar-refractivity contribution in [3.8, 4) is 23.3 Å². The molecule has 4 bridgehead atoms. The Kier molecular flexibility index (Phi) is 10.4. The number of ether oxygens (including phenoxy) is 2. The minimum absolute atomic E-state index is 0.00207. The molecule has 3 fully saturated rings. The number of allylic oxidation sites excluding steroid dienone is 4. The normalized spacial score (nSPS) is 31.6. The molecular formula is C40H55N3O4. The first kappa shape index (κ1) is 33.7. The molecule has 47 heavy (non-hydrogen) atoms. The van der Waals surface area contributed by atoms with Gasteiger partial charge in [0.15, 0.2) is 23.2 Å². The number of aromatic hydroxyl groups is 1. The third kappa shape index (κ3) is 6.86. The van der Waals surface area contributed by atoms with Crippen LogP contribution in [-0.4, -0.2) is 42.2 Å². The van der Waals surface area contributed by atoms with Crippen molar-refractivity contribution in [2.75, 3.05) is 7.11 Å². The van der Waals surface area contributed by atoms with E-state index in [0.29, 0.717) is 30.9 Å². The van der Waals surface area contributed by atoms with Crippen molar-refractivity contribution in [1.29, 1.82) is 0 Å². The van der Waals surface area contributed by atoms with Crippen LogP contribution in [0.3, 0.4) is 0 Å². The summed E-state index contributed by atoms with van der Waals surface area (Å²) in [6.45, 7) is 4.50. The Morgan fingerprint density at radius 3 is 2.77 bits per heavy atom. The Hall–Kier alpha value is -3.24. The predicted molar refractivity (Wildman–Crippen MR) is 187 cm³/mol. The number of carbonyl (C=O) groups is 1. The van der Waals surface area contributed by atoms with Gasteiger partial charge >= 0.3 is 0 Å². The van der Waals surface area contributed by atoms with Gasteiger partial charge in [-0.05, 0) is 118 Å². The van der Waals surface area contributed by atoms with Gasteiger partial charge < -0.3 is 26.0 Å². The molecular weight excluding hydrogens is 586 g/mol. The van der Waals surface area contributed by atoms with Crippen LogP contribution in [0.1, 0.15) is 126 Å². The number of aliphatic imine (C=N–C) groups is 1. The average Bonchev–Trinajstić information content (AvgIpc) is 3.55. The molecule has 5 N–H and O–H groups in total. The van der Waals surface area contributed by atoms with E-state index in [1.807, 2.05) is 19.3 Å². The quantitative estimate of drug-likeness (QED) is 0.0815. The molecule has 0 radical (unpaired) electrons. The number of aryl methyl sites for hydroxylation is 1. The molecule has 5 aliphatic rings. The summed E-state index contributed by atoms with van der Waals surface area (Å²) in [6.07, 6.45) is 20.1. The third-order valence-corrected chi connectivity index (χ3v) is 11.9. The first-order valence-electron chi connectivity index (χ1n) is 18.3. The van der Waals surface area contributed by atoms with Crippen LogP contribution in [0.15, 0.2) is 34.9 Å². The molecule has 3 saturated carbocycles. The van der Waals surface area contributed by atoms with E-state index in [4.69, 9.17) is 20.9 Å². The largest absolute Gasteiger partial charge is 0.504 e. The molecule has 0 aliphatic heterocycles. The molecule has 0 heterocycles. The van der Waals surface area contributed by atoms with Gasteiger partial charge in [-0.2, -0.15) is 0 Å². The molecule has 6 rings (SSSR count). The van der Waals surface area contributed by atoms with E-state index in [0.717, 1.165) is 87.3 Å². The molecule has 7 atom stereocenters. The highest BCUT2D eigenvalue weighted by Crippen LogP contribution is 2.67. The Balaban J connectivity index is 1.57. The number of nitrogens with zero attached hydrogens (tertiary/aromatic N) is 1. The molecule has 1 aromatic rings. The van der Waals surface area contributed by atoms with Gasteiger partial charge in [-0.3, -0.25) is 4.79 Å². The van der Waals surface area contributed by atoms with Crippen molar-refractivity contribution in [2.45, 2.75) is 134 Å². The molecule has 5 aliphatic carbocycles. The van der Waals surface area contributed by atoms with E-state index < -0.39 is 0 Å². The second-order valence-electron chi connectivity index (χ2n) is 15.0. The highest BCUT2D eigenvalue weighted by atomic mass is 16.5. The second-order valence-corrected chi connectivity index (χ2v) is 15.0. The van der Waals surface area contributed by atoms with Crippen LogP contribution < -0.4 is 16.2 Å². The number of hydrogen-bond donors (Lipinski definition) is 3. The molecule has 254 valence electrons. The van der Waals surface area contributed by atoms with Gasteiger partial charge in [-0.1, -0.05) is 49.8 Å². The number of phenolic OH excluding ortho intramolecular Hbond substituents is 1. The molecule has 7 nitrogen and oxygen atoms in total. The number of guanidine groups is 1. The zero-order valence-electron chi connectivity index (χ0n) is 28.7. The van der Waals surface area contributed by atoms with Gasteiger partial charge in [0, 0.05) is 37.0 Å². The number of hydrogen-bond acceptors (Lipinski definition) is 5. The topological polar surface area (TPSA) is 120 Å². The summed E-state index contributed by atoms with van der Waals surface area (Å²) in [7, 11) is 1.84. The number of rotatable bonds is 10. The smallest absolute Gasteiger partial charge is 0.186 e. The summed E-state index contributed by atoms with van der Waals surface area (Å²) in [5.41, 5.74) is 16.1. The Bertz CT molecular complexity index is 1470. The summed E-state index contributed by atoms with van der Waals surface area (Å²) in [6, 6.07) is 1.85. The summed E-state index contributed by atoms with van der Waals surface area (Å²) in [5, 5.41) is 12.5. The predicted octanol–water partition coefficient (Wildman–Crippen LogP) is 7.23. The SMILES string of the molecule is CCC/C=C/C(=O)CCc1cc(OC2CCCC2)c(O)c2c1C#CC[C@H](N=C(N)N)C[C@H]1C=C3CC[C@H](C)C[C@@]34CC[C@@H](OC)[C@@H]1[C@H]24. The number of carbonyl (C=O) groups excluding carboxylic acids is 1. The fraction of sp³-hybridized carbons (Fsp3) is 0.650. The second kappa shape index (κ2) is 14.5. The first-order valence-corrected chi connectivity index (χ1v) is 18.3. The number of methoxy groups -OCH3 is 1. The zero-order chi connectivity index (χ0) is 33.1. The van der Waals surface area contributed by atoms with Crippen molar-refractivity contribution in [3.63, 3.8) is 0 Å². The van der Waals surface area contributed by atoms with Crippen LogP contribution in [0.5, 0.6) is 11.5 Å². The lowest BCUT2D eigenvalue weighted by Crippen LogP contribution is -2.53. The van der Waals surface area contributed by atoms with Crippen LogP contribution in [0.2, 0.25) is 0 Å². The molecule has 7 heteroatoms. The van der Waals surface area contributed by atoms with Crippen LogP contribution >= 0.6 is 0 Å². The van der Waals surface area contributed by atoms with Crippen LogP contribution in [0.25, 0.3) is 0 Å². The van der Waals surface area contributed by atoms with Gasteiger partial charge in [0.25, 0.3) is 0 Å². The van der Waals surface area contributed by atoms with E-state index in [1.165, 1.54) is 12.0 Å². The van der Waals surface area contributed by atoms with Gasteiger partial charge in [0.05, 0.1) is 18.2 Å². The minimum Gasteiger partial charge on any atom is -0.504 e.